The molecule has 0 unspecified atom stereocenters. The average Bonchev–Trinajstić information content (AvgIpc) is 2.71. The van der Waals surface area contributed by atoms with Crippen LogP contribution in [0.3, 0.4) is 0 Å². The van der Waals surface area contributed by atoms with Gasteiger partial charge in [0, 0.05) is 22.8 Å². The van der Waals surface area contributed by atoms with E-state index in [-0.39, 0.29) is 0 Å². The van der Waals surface area contributed by atoms with E-state index in [0.717, 1.165) is 24.5 Å². The summed E-state index contributed by atoms with van der Waals surface area (Å²) in [6, 6.07) is 5.44. The summed E-state index contributed by atoms with van der Waals surface area (Å²) in [5, 5.41) is 9.08. The molecule has 0 spiro atoms. The van der Waals surface area contributed by atoms with Crippen molar-refractivity contribution in [2.75, 3.05) is 6.54 Å². The van der Waals surface area contributed by atoms with E-state index in [1.807, 2.05) is 29.9 Å². The maximum Gasteiger partial charge on any atom is 0.0836 e. The molecule has 0 radical (unpaired) electrons. The summed E-state index contributed by atoms with van der Waals surface area (Å²) in [7, 11) is 0. The van der Waals surface area contributed by atoms with Gasteiger partial charge in [0.25, 0.3) is 0 Å². The number of hydrogen-bond donors (Lipinski definition) is 1. The van der Waals surface area contributed by atoms with Crippen LogP contribution in [-0.2, 0) is 6.54 Å². The van der Waals surface area contributed by atoms with Gasteiger partial charge in [0.2, 0.25) is 0 Å². The molecule has 5 heteroatoms. The average molecular weight is 312 g/mol. The number of nitrogens with one attached hydrogen (secondary N) is 1. The molecule has 0 saturated carbocycles. The fourth-order valence-corrected chi connectivity index (χ4v) is 2.50. The van der Waals surface area contributed by atoms with Gasteiger partial charge in [-0.05, 0) is 37.6 Å². The topological polar surface area (TPSA) is 29.9 Å². The summed E-state index contributed by atoms with van der Waals surface area (Å²) in [5.41, 5.74) is 3.12. The first kappa shape index (κ1) is 15.4. The van der Waals surface area contributed by atoms with Gasteiger partial charge in [0.1, 0.15) is 0 Å². The minimum atomic E-state index is 0.602. The van der Waals surface area contributed by atoms with Crippen molar-refractivity contribution in [3.8, 4) is 5.69 Å². The summed E-state index contributed by atoms with van der Waals surface area (Å²) in [6.07, 6.45) is 1.88. The quantitative estimate of drug-likeness (QED) is 0.895. The Kier molecular flexibility index (Phi) is 5.08. The molecular formula is C15H19Cl2N3. The van der Waals surface area contributed by atoms with Gasteiger partial charge < -0.3 is 5.32 Å². The van der Waals surface area contributed by atoms with Gasteiger partial charge >= 0.3 is 0 Å². The molecule has 1 heterocycles. The predicted molar refractivity (Wildman–Crippen MR) is 84.9 cm³/mol. The lowest BCUT2D eigenvalue weighted by molar-refractivity contribution is 0.551. The van der Waals surface area contributed by atoms with E-state index in [2.05, 4.69) is 24.3 Å². The van der Waals surface area contributed by atoms with E-state index in [1.165, 1.54) is 5.56 Å². The van der Waals surface area contributed by atoms with Crippen molar-refractivity contribution in [1.29, 1.82) is 0 Å². The van der Waals surface area contributed by atoms with E-state index >= 15 is 0 Å². The minimum Gasteiger partial charge on any atom is -0.312 e. The summed E-state index contributed by atoms with van der Waals surface area (Å²) >= 11 is 12.2. The maximum atomic E-state index is 6.23. The number of benzene rings is 1. The molecule has 3 nitrogen and oxygen atoms in total. The van der Waals surface area contributed by atoms with Crippen molar-refractivity contribution < 1.29 is 0 Å². The molecule has 1 aromatic carbocycles. The third-order valence-corrected chi connectivity index (χ3v) is 3.66. The van der Waals surface area contributed by atoms with Gasteiger partial charge in [-0.1, -0.05) is 37.0 Å². The molecule has 0 bridgehead atoms. The van der Waals surface area contributed by atoms with Crippen LogP contribution in [0.2, 0.25) is 10.0 Å². The van der Waals surface area contributed by atoms with Gasteiger partial charge in [-0.3, -0.25) is 0 Å². The Morgan fingerprint density at radius 1 is 1.30 bits per heavy atom. The SMILES string of the molecule is Cc1c(CNCC(C)C)cnn1-c1ccc(Cl)cc1Cl. The van der Waals surface area contributed by atoms with Crippen molar-refractivity contribution in [2.45, 2.75) is 27.3 Å². The fraction of sp³-hybridized carbons (Fsp3) is 0.400. The van der Waals surface area contributed by atoms with Crippen molar-refractivity contribution in [3.05, 3.63) is 45.7 Å². The van der Waals surface area contributed by atoms with Gasteiger partial charge in [-0.25, -0.2) is 4.68 Å². The second-order valence-corrected chi connectivity index (χ2v) is 6.13. The van der Waals surface area contributed by atoms with Gasteiger partial charge in [-0.15, -0.1) is 0 Å². The second kappa shape index (κ2) is 6.61. The summed E-state index contributed by atoms with van der Waals surface area (Å²) < 4.78 is 1.85. The highest BCUT2D eigenvalue weighted by atomic mass is 35.5. The van der Waals surface area contributed by atoms with Crippen molar-refractivity contribution in [1.82, 2.24) is 15.1 Å². The molecule has 0 aliphatic rings. The second-order valence-electron chi connectivity index (χ2n) is 5.29. The Balaban J connectivity index is 2.20. The maximum absolute atomic E-state index is 6.23. The Labute approximate surface area is 129 Å². The molecule has 0 aliphatic heterocycles. The van der Waals surface area contributed by atoms with Crippen LogP contribution >= 0.6 is 23.2 Å². The lowest BCUT2D eigenvalue weighted by Crippen LogP contribution is -2.19. The van der Waals surface area contributed by atoms with Gasteiger partial charge in [-0.2, -0.15) is 5.10 Å². The van der Waals surface area contributed by atoms with Crippen molar-refractivity contribution in [3.63, 3.8) is 0 Å². The highest BCUT2D eigenvalue weighted by Gasteiger charge is 2.11. The van der Waals surface area contributed by atoms with Crippen LogP contribution in [0.15, 0.2) is 24.4 Å². The molecule has 2 rings (SSSR count). The van der Waals surface area contributed by atoms with Crippen LogP contribution < -0.4 is 5.32 Å². The zero-order valence-electron chi connectivity index (χ0n) is 12.0. The molecule has 0 atom stereocenters. The molecule has 1 aromatic heterocycles. The van der Waals surface area contributed by atoms with Crippen molar-refractivity contribution in [2.24, 2.45) is 5.92 Å². The molecule has 108 valence electrons. The third-order valence-electron chi connectivity index (χ3n) is 3.12. The van der Waals surface area contributed by atoms with Gasteiger partial charge in [0.05, 0.1) is 16.9 Å². The van der Waals surface area contributed by atoms with E-state index in [1.54, 1.807) is 6.07 Å². The molecule has 0 amide bonds. The Bertz CT molecular complexity index is 591. The number of aromatic nitrogens is 2. The highest BCUT2D eigenvalue weighted by Crippen LogP contribution is 2.25. The van der Waals surface area contributed by atoms with E-state index in [9.17, 15) is 0 Å². The molecule has 2 aromatic rings. The van der Waals surface area contributed by atoms with Crippen molar-refractivity contribution >= 4 is 23.2 Å². The zero-order valence-corrected chi connectivity index (χ0v) is 13.5. The largest absolute Gasteiger partial charge is 0.312 e. The first-order chi connectivity index (χ1) is 9.49. The molecule has 20 heavy (non-hydrogen) atoms. The number of rotatable bonds is 5. The van der Waals surface area contributed by atoms with Crippen LogP contribution in [0, 0.1) is 12.8 Å². The van der Waals surface area contributed by atoms with Crippen LogP contribution in [-0.4, -0.2) is 16.3 Å². The molecule has 0 saturated heterocycles. The predicted octanol–water partition coefficient (Wildman–Crippen LogP) is 4.23. The summed E-state index contributed by atoms with van der Waals surface area (Å²) in [5.74, 6) is 0.635. The number of nitrogens with zero attached hydrogens (tertiary/aromatic N) is 2. The molecular weight excluding hydrogens is 293 g/mol. The van der Waals surface area contributed by atoms with E-state index < -0.39 is 0 Å². The minimum absolute atomic E-state index is 0.602. The first-order valence-electron chi connectivity index (χ1n) is 6.68. The normalized spacial score (nSPS) is 11.3. The standard InChI is InChI=1S/C15H19Cl2N3/c1-10(2)7-18-8-12-9-19-20(11(12)3)15-5-4-13(16)6-14(15)17/h4-6,9-10,18H,7-8H2,1-3H3. The van der Waals surface area contributed by atoms with Gasteiger partial charge in [0.15, 0.2) is 0 Å². The highest BCUT2D eigenvalue weighted by molar-refractivity contribution is 6.35. The molecule has 0 fully saturated rings. The molecule has 1 N–H and O–H groups in total. The summed E-state index contributed by atoms with van der Waals surface area (Å²) in [6.45, 7) is 8.24. The van der Waals surface area contributed by atoms with E-state index in [4.69, 9.17) is 23.2 Å². The lowest BCUT2D eigenvalue weighted by atomic mass is 10.2. The number of halogens is 2. The number of hydrogen-bond acceptors (Lipinski definition) is 2. The Morgan fingerprint density at radius 2 is 2.05 bits per heavy atom. The Hall–Kier alpha value is -1.03. The third kappa shape index (κ3) is 3.54. The fourth-order valence-electron chi connectivity index (χ4n) is 2.01. The van der Waals surface area contributed by atoms with Crippen LogP contribution in [0.5, 0.6) is 0 Å². The monoisotopic (exact) mass is 311 g/mol. The lowest BCUT2D eigenvalue weighted by Gasteiger charge is -2.09. The molecule has 0 aliphatic carbocycles. The van der Waals surface area contributed by atoms with E-state index in [0.29, 0.717) is 16.0 Å². The Morgan fingerprint density at radius 3 is 2.70 bits per heavy atom. The van der Waals surface area contributed by atoms with Crippen LogP contribution in [0.4, 0.5) is 0 Å². The smallest absolute Gasteiger partial charge is 0.0836 e. The zero-order chi connectivity index (χ0) is 14.7. The first-order valence-corrected chi connectivity index (χ1v) is 7.44. The van der Waals surface area contributed by atoms with Crippen LogP contribution in [0.1, 0.15) is 25.1 Å². The summed E-state index contributed by atoms with van der Waals surface area (Å²) in [4.78, 5) is 0. The van der Waals surface area contributed by atoms with Crippen LogP contribution in [0.25, 0.3) is 5.69 Å².